The van der Waals surface area contributed by atoms with Gasteiger partial charge in [0.05, 0.1) is 5.52 Å². The highest BCUT2D eigenvalue weighted by molar-refractivity contribution is 5.95. The highest BCUT2D eigenvalue weighted by Crippen LogP contribution is 2.36. The van der Waals surface area contributed by atoms with Crippen molar-refractivity contribution in [3.8, 4) is 0 Å². The fourth-order valence-electron chi connectivity index (χ4n) is 4.87. The number of carbonyl (C=O) groups is 1. The van der Waals surface area contributed by atoms with E-state index in [-0.39, 0.29) is 5.91 Å². The number of para-hydroxylation sites is 1. The molecule has 4 saturated heterocycles. The van der Waals surface area contributed by atoms with Crippen molar-refractivity contribution in [2.45, 2.75) is 18.9 Å². The number of aromatic nitrogens is 1. The zero-order valence-electron chi connectivity index (χ0n) is 13.2. The van der Waals surface area contributed by atoms with Gasteiger partial charge in [-0.3, -0.25) is 4.79 Å². The van der Waals surface area contributed by atoms with Crippen LogP contribution in [0.25, 0.3) is 10.9 Å². The number of piperidine rings is 2. The zero-order chi connectivity index (χ0) is 15.4. The maximum atomic E-state index is 13.1. The van der Waals surface area contributed by atoms with E-state index in [1.807, 2.05) is 36.4 Å². The van der Waals surface area contributed by atoms with E-state index in [4.69, 9.17) is 0 Å². The number of fused-ring (bicyclic) bond motifs is 2. The van der Waals surface area contributed by atoms with Crippen LogP contribution in [0.3, 0.4) is 0 Å². The third-order valence-corrected chi connectivity index (χ3v) is 5.75. The molecule has 1 aromatic heterocycles. The lowest BCUT2D eigenvalue weighted by Crippen LogP contribution is -2.50. The van der Waals surface area contributed by atoms with Crippen LogP contribution in [0.2, 0.25) is 0 Å². The lowest BCUT2D eigenvalue weighted by molar-refractivity contribution is 0.0569. The maximum Gasteiger partial charge on any atom is 0.272 e. The maximum absolute atomic E-state index is 13.1. The van der Waals surface area contributed by atoms with Gasteiger partial charge in [0, 0.05) is 37.6 Å². The minimum atomic E-state index is 0.121. The largest absolute Gasteiger partial charge is 0.333 e. The Morgan fingerprint density at radius 2 is 1.83 bits per heavy atom. The first-order chi connectivity index (χ1) is 11.3. The number of carbonyl (C=O) groups excluding carboxylic acids is 1. The van der Waals surface area contributed by atoms with E-state index in [1.165, 1.54) is 25.9 Å². The summed E-state index contributed by atoms with van der Waals surface area (Å²) in [7, 11) is 0. The van der Waals surface area contributed by atoms with Gasteiger partial charge in [-0.25, -0.2) is 4.98 Å². The summed E-state index contributed by atoms with van der Waals surface area (Å²) >= 11 is 0. The quantitative estimate of drug-likeness (QED) is 0.812. The average molecular weight is 307 g/mol. The SMILES string of the molecule is O=C(c1ccc2ccccc2n1)N1CC2CC3CC1CN(C3)C2. The average Bonchev–Trinajstić information content (AvgIpc) is 2.77. The Kier molecular flexibility index (Phi) is 2.95. The number of amides is 1. The number of rotatable bonds is 1. The van der Waals surface area contributed by atoms with Gasteiger partial charge in [0.15, 0.2) is 0 Å². The minimum absolute atomic E-state index is 0.121. The van der Waals surface area contributed by atoms with Crippen LogP contribution in [0.1, 0.15) is 23.3 Å². The molecular formula is C19H21N3O. The first-order valence-corrected chi connectivity index (χ1v) is 8.65. The van der Waals surface area contributed by atoms with Gasteiger partial charge in [0.2, 0.25) is 0 Å². The van der Waals surface area contributed by atoms with Crippen LogP contribution in [-0.4, -0.2) is 52.9 Å². The first-order valence-electron chi connectivity index (χ1n) is 8.65. The number of pyridine rings is 1. The lowest BCUT2D eigenvalue weighted by Gasteiger charge is -2.41. The van der Waals surface area contributed by atoms with Crippen LogP contribution in [0.5, 0.6) is 0 Å². The molecule has 4 aliphatic rings. The summed E-state index contributed by atoms with van der Waals surface area (Å²) < 4.78 is 0. The summed E-state index contributed by atoms with van der Waals surface area (Å²) in [6, 6.07) is 12.3. The van der Waals surface area contributed by atoms with Crippen molar-refractivity contribution in [1.29, 1.82) is 0 Å². The monoisotopic (exact) mass is 307 g/mol. The van der Waals surface area contributed by atoms with Crippen LogP contribution in [0.4, 0.5) is 0 Å². The molecule has 6 rings (SSSR count). The number of nitrogens with zero attached hydrogens (tertiary/aromatic N) is 3. The van der Waals surface area contributed by atoms with Crippen molar-refractivity contribution in [2.75, 3.05) is 26.2 Å². The Bertz CT molecular complexity index is 760. The van der Waals surface area contributed by atoms with Crippen LogP contribution in [-0.2, 0) is 0 Å². The smallest absolute Gasteiger partial charge is 0.272 e. The van der Waals surface area contributed by atoms with Crippen LogP contribution < -0.4 is 0 Å². The Morgan fingerprint density at radius 1 is 0.957 bits per heavy atom. The molecule has 5 heterocycles. The second kappa shape index (κ2) is 5.03. The fourth-order valence-corrected chi connectivity index (χ4v) is 4.87. The van der Waals surface area contributed by atoms with E-state index in [2.05, 4.69) is 14.8 Å². The summed E-state index contributed by atoms with van der Waals surface area (Å²) in [4.78, 5) is 22.4. The van der Waals surface area contributed by atoms with Gasteiger partial charge in [-0.1, -0.05) is 24.3 Å². The predicted octanol–water partition coefficient (Wildman–Crippen LogP) is 2.40. The molecule has 2 aromatic rings. The molecule has 0 saturated carbocycles. The number of hydrogen-bond donors (Lipinski definition) is 0. The highest BCUT2D eigenvalue weighted by atomic mass is 16.2. The molecule has 0 N–H and O–H groups in total. The number of hydrogen-bond acceptors (Lipinski definition) is 3. The van der Waals surface area contributed by atoms with E-state index in [1.54, 1.807) is 0 Å². The van der Waals surface area contributed by atoms with E-state index in [0.29, 0.717) is 17.7 Å². The lowest BCUT2D eigenvalue weighted by atomic mass is 9.84. The third kappa shape index (κ3) is 2.24. The molecule has 1 aromatic carbocycles. The summed E-state index contributed by atoms with van der Waals surface area (Å²) in [6.45, 7) is 4.36. The van der Waals surface area contributed by atoms with Crippen molar-refractivity contribution >= 4 is 16.8 Å². The van der Waals surface area contributed by atoms with Gasteiger partial charge in [-0.15, -0.1) is 0 Å². The van der Waals surface area contributed by atoms with Gasteiger partial charge in [-0.05, 0) is 36.8 Å². The molecule has 4 nitrogen and oxygen atoms in total. The number of benzene rings is 1. The predicted molar refractivity (Wildman–Crippen MR) is 89.2 cm³/mol. The van der Waals surface area contributed by atoms with Crippen molar-refractivity contribution in [1.82, 2.24) is 14.8 Å². The van der Waals surface area contributed by atoms with Gasteiger partial charge in [0.25, 0.3) is 5.91 Å². The standard InChI is InChI=1S/C19H21N3O/c23-19(18-6-5-15-3-1-2-4-17(15)20-18)22-11-14-7-13-8-16(22)12-21(9-13)10-14/h1-6,13-14,16H,7-12H2. The first kappa shape index (κ1) is 13.5. The topological polar surface area (TPSA) is 36.4 Å². The van der Waals surface area contributed by atoms with Gasteiger partial charge in [0.1, 0.15) is 5.69 Å². The van der Waals surface area contributed by atoms with Gasteiger partial charge in [-0.2, -0.15) is 0 Å². The van der Waals surface area contributed by atoms with Crippen molar-refractivity contribution < 1.29 is 4.79 Å². The third-order valence-electron chi connectivity index (χ3n) is 5.75. The molecule has 23 heavy (non-hydrogen) atoms. The Labute approximate surface area is 136 Å². The fraction of sp³-hybridized carbons (Fsp3) is 0.474. The van der Waals surface area contributed by atoms with Crippen molar-refractivity contribution in [3.05, 3.63) is 42.1 Å². The minimum Gasteiger partial charge on any atom is -0.333 e. The Hall–Kier alpha value is -1.94. The highest BCUT2D eigenvalue weighted by Gasteiger charge is 2.43. The molecule has 0 radical (unpaired) electrons. The summed E-state index contributed by atoms with van der Waals surface area (Å²) in [6.07, 6.45) is 2.47. The van der Waals surface area contributed by atoms with E-state index in [0.717, 1.165) is 29.9 Å². The van der Waals surface area contributed by atoms with E-state index >= 15 is 0 Å². The molecule has 0 aliphatic carbocycles. The van der Waals surface area contributed by atoms with Crippen LogP contribution in [0, 0.1) is 11.8 Å². The van der Waals surface area contributed by atoms with Crippen molar-refractivity contribution in [3.63, 3.8) is 0 Å². The second-order valence-corrected chi connectivity index (χ2v) is 7.42. The van der Waals surface area contributed by atoms with Gasteiger partial charge < -0.3 is 9.80 Å². The van der Waals surface area contributed by atoms with Gasteiger partial charge >= 0.3 is 0 Å². The normalized spacial score (nSPS) is 32.3. The van der Waals surface area contributed by atoms with E-state index < -0.39 is 0 Å². The molecular weight excluding hydrogens is 286 g/mol. The van der Waals surface area contributed by atoms with Crippen LogP contribution in [0.15, 0.2) is 36.4 Å². The zero-order valence-corrected chi connectivity index (χ0v) is 13.2. The summed E-state index contributed by atoms with van der Waals surface area (Å²) in [5.74, 6) is 1.55. The summed E-state index contributed by atoms with van der Waals surface area (Å²) in [5, 5.41) is 1.09. The second-order valence-electron chi connectivity index (χ2n) is 7.42. The molecule has 4 unspecified atom stereocenters. The molecule has 4 atom stereocenters. The Morgan fingerprint density at radius 3 is 2.74 bits per heavy atom. The molecule has 4 fully saturated rings. The van der Waals surface area contributed by atoms with E-state index in [9.17, 15) is 4.79 Å². The molecule has 4 aliphatic heterocycles. The molecule has 0 spiro atoms. The molecule has 4 bridgehead atoms. The molecule has 1 amide bonds. The van der Waals surface area contributed by atoms with Crippen LogP contribution >= 0.6 is 0 Å². The Balaban J connectivity index is 1.49. The molecule has 118 valence electrons. The summed E-state index contributed by atoms with van der Waals surface area (Å²) in [5.41, 5.74) is 1.50. The van der Waals surface area contributed by atoms with Crippen molar-refractivity contribution in [2.24, 2.45) is 11.8 Å². The molecule has 4 heteroatoms.